The summed E-state index contributed by atoms with van der Waals surface area (Å²) >= 11 is 6.63. The van der Waals surface area contributed by atoms with Crippen LogP contribution in [0.2, 0.25) is 0 Å². The Hall–Kier alpha value is -0.610. The maximum absolute atomic E-state index is 10.7. The Morgan fingerprint density at radius 2 is 1.93 bits per heavy atom. The Balaban J connectivity index is 3.25. The van der Waals surface area contributed by atoms with Crippen molar-refractivity contribution in [3.05, 3.63) is 39.9 Å². The van der Waals surface area contributed by atoms with E-state index in [0.717, 1.165) is 10.0 Å². The summed E-state index contributed by atoms with van der Waals surface area (Å²) < 4.78 is 1.46. The fourth-order valence-electron chi connectivity index (χ4n) is 0.935. The normalized spacial score (nSPS) is 12.2. The summed E-state index contributed by atoms with van der Waals surface area (Å²) in [5.41, 5.74) is 1.13. The minimum atomic E-state index is -0.923. The third-order valence-corrected chi connectivity index (χ3v) is 3.47. The molecule has 0 aliphatic carbocycles. The molecule has 1 aromatic carbocycles. The maximum atomic E-state index is 10.7. The van der Waals surface area contributed by atoms with Crippen molar-refractivity contribution in [1.29, 1.82) is 0 Å². The molecule has 1 aromatic rings. The van der Waals surface area contributed by atoms with E-state index in [2.05, 4.69) is 31.9 Å². The van der Waals surface area contributed by atoms with Gasteiger partial charge in [0.15, 0.2) is 0 Å². The standard InChI is InChI=1S/C10H8Br2O2/c1-6(10(13)14)9(12)7-4-2-3-5-8(7)11/h2-5H,1H3,(H,13,14)/b9-6+. The van der Waals surface area contributed by atoms with Crippen LogP contribution in [-0.4, -0.2) is 11.1 Å². The van der Waals surface area contributed by atoms with E-state index >= 15 is 0 Å². The number of carboxylic acid groups (broad SMARTS) is 1. The van der Waals surface area contributed by atoms with Crippen molar-refractivity contribution >= 4 is 42.3 Å². The fraction of sp³-hybridized carbons (Fsp3) is 0.100. The molecule has 0 aliphatic rings. The monoisotopic (exact) mass is 318 g/mol. The van der Waals surface area contributed by atoms with Crippen LogP contribution in [0.25, 0.3) is 4.48 Å². The number of rotatable bonds is 2. The highest BCUT2D eigenvalue weighted by atomic mass is 79.9. The van der Waals surface area contributed by atoms with E-state index in [4.69, 9.17) is 5.11 Å². The highest BCUT2D eigenvalue weighted by Crippen LogP contribution is 2.30. The summed E-state index contributed by atoms with van der Waals surface area (Å²) in [5.74, 6) is -0.923. The minimum absolute atomic E-state index is 0.289. The summed E-state index contributed by atoms with van der Waals surface area (Å²) in [6, 6.07) is 7.45. The second-order valence-corrected chi connectivity index (χ2v) is 4.37. The zero-order chi connectivity index (χ0) is 10.7. The molecule has 0 aliphatic heterocycles. The van der Waals surface area contributed by atoms with Crippen LogP contribution in [0, 0.1) is 0 Å². The van der Waals surface area contributed by atoms with Gasteiger partial charge < -0.3 is 5.11 Å². The van der Waals surface area contributed by atoms with Crippen molar-refractivity contribution in [1.82, 2.24) is 0 Å². The number of aliphatic carboxylic acids is 1. The maximum Gasteiger partial charge on any atom is 0.332 e. The van der Waals surface area contributed by atoms with Crippen LogP contribution < -0.4 is 0 Å². The Kier molecular flexibility index (Phi) is 3.89. The second kappa shape index (κ2) is 4.75. The Bertz CT molecular complexity index is 397. The molecule has 0 aromatic heterocycles. The van der Waals surface area contributed by atoms with Crippen molar-refractivity contribution < 1.29 is 9.90 Å². The SMILES string of the molecule is C/C(C(=O)O)=C(\Br)c1ccccc1Br. The van der Waals surface area contributed by atoms with Crippen LogP contribution in [0.15, 0.2) is 34.3 Å². The number of hydrogen-bond donors (Lipinski definition) is 1. The predicted octanol–water partition coefficient (Wildman–Crippen LogP) is 3.66. The Labute approximate surface area is 98.9 Å². The van der Waals surface area contributed by atoms with Gasteiger partial charge in [0.25, 0.3) is 0 Å². The Morgan fingerprint density at radius 3 is 2.43 bits per heavy atom. The summed E-state index contributed by atoms with van der Waals surface area (Å²) in [7, 11) is 0. The van der Waals surface area contributed by atoms with Gasteiger partial charge in [-0.05, 0) is 28.9 Å². The van der Waals surface area contributed by atoms with Crippen LogP contribution >= 0.6 is 31.9 Å². The smallest absolute Gasteiger partial charge is 0.332 e. The molecule has 0 fully saturated rings. The number of benzene rings is 1. The number of halogens is 2. The largest absolute Gasteiger partial charge is 0.478 e. The molecule has 14 heavy (non-hydrogen) atoms. The van der Waals surface area contributed by atoms with Crippen molar-refractivity contribution in [2.45, 2.75) is 6.92 Å². The first-order chi connectivity index (χ1) is 6.54. The fourth-order valence-corrected chi connectivity index (χ4v) is 2.20. The lowest BCUT2D eigenvalue weighted by Gasteiger charge is -2.04. The van der Waals surface area contributed by atoms with E-state index in [1.165, 1.54) is 0 Å². The van der Waals surface area contributed by atoms with Crippen LogP contribution in [0.3, 0.4) is 0 Å². The molecule has 0 bridgehead atoms. The van der Waals surface area contributed by atoms with Gasteiger partial charge in [-0.25, -0.2) is 4.79 Å². The third kappa shape index (κ3) is 2.45. The first-order valence-corrected chi connectivity index (χ1v) is 5.47. The first-order valence-electron chi connectivity index (χ1n) is 3.88. The molecule has 0 heterocycles. The molecule has 1 rings (SSSR count). The van der Waals surface area contributed by atoms with E-state index in [1.807, 2.05) is 24.3 Å². The molecule has 74 valence electrons. The van der Waals surface area contributed by atoms with Crippen molar-refractivity contribution in [3.63, 3.8) is 0 Å². The molecule has 0 spiro atoms. The summed E-state index contributed by atoms with van der Waals surface area (Å²) in [6.07, 6.45) is 0. The van der Waals surface area contributed by atoms with Gasteiger partial charge in [0.05, 0.1) is 0 Å². The number of carbonyl (C=O) groups is 1. The van der Waals surface area contributed by atoms with Gasteiger partial charge in [0, 0.05) is 20.1 Å². The van der Waals surface area contributed by atoms with E-state index in [0.29, 0.717) is 4.48 Å². The molecule has 1 N–H and O–H groups in total. The van der Waals surface area contributed by atoms with Crippen LogP contribution in [0.5, 0.6) is 0 Å². The summed E-state index contributed by atoms with van der Waals surface area (Å²) in [5, 5.41) is 8.80. The van der Waals surface area contributed by atoms with Gasteiger partial charge in [0.1, 0.15) is 0 Å². The van der Waals surface area contributed by atoms with E-state index in [9.17, 15) is 4.79 Å². The average Bonchev–Trinajstić information content (AvgIpc) is 2.16. The molecule has 4 heteroatoms. The zero-order valence-electron chi connectivity index (χ0n) is 7.42. The lowest BCUT2D eigenvalue weighted by molar-refractivity contribution is -0.132. The van der Waals surface area contributed by atoms with Gasteiger partial charge in [0.2, 0.25) is 0 Å². The second-order valence-electron chi connectivity index (χ2n) is 2.72. The topological polar surface area (TPSA) is 37.3 Å². The van der Waals surface area contributed by atoms with E-state index in [-0.39, 0.29) is 5.57 Å². The van der Waals surface area contributed by atoms with Crippen molar-refractivity contribution in [2.75, 3.05) is 0 Å². The molecular formula is C10H8Br2O2. The number of hydrogen-bond acceptors (Lipinski definition) is 1. The molecular weight excluding hydrogens is 312 g/mol. The summed E-state index contributed by atoms with van der Waals surface area (Å²) in [4.78, 5) is 10.7. The predicted molar refractivity (Wildman–Crippen MR) is 63.3 cm³/mol. The van der Waals surface area contributed by atoms with Crippen molar-refractivity contribution in [3.8, 4) is 0 Å². The van der Waals surface area contributed by atoms with Crippen LogP contribution in [-0.2, 0) is 4.79 Å². The zero-order valence-corrected chi connectivity index (χ0v) is 10.6. The van der Waals surface area contributed by atoms with E-state index in [1.54, 1.807) is 6.92 Å². The summed E-state index contributed by atoms with van der Waals surface area (Å²) in [6.45, 7) is 1.56. The highest BCUT2D eigenvalue weighted by molar-refractivity contribution is 9.15. The quantitative estimate of drug-likeness (QED) is 0.845. The molecule has 0 amide bonds. The van der Waals surface area contributed by atoms with Crippen LogP contribution in [0.1, 0.15) is 12.5 Å². The number of carboxylic acids is 1. The molecule has 0 unspecified atom stereocenters. The van der Waals surface area contributed by atoms with E-state index < -0.39 is 5.97 Å². The van der Waals surface area contributed by atoms with Crippen LogP contribution in [0.4, 0.5) is 0 Å². The lowest BCUT2D eigenvalue weighted by atomic mass is 10.1. The van der Waals surface area contributed by atoms with Gasteiger partial charge in [-0.2, -0.15) is 0 Å². The van der Waals surface area contributed by atoms with Gasteiger partial charge in [-0.3, -0.25) is 0 Å². The molecule has 2 nitrogen and oxygen atoms in total. The first kappa shape index (κ1) is 11.5. The molecule has 0 atom stereocenters. The lowest BCUT2D eigenvalue weighted by Crippen LogP contribution is -1.98. The Morgan fingerprint density at radius 1 is 1.36 bits per heavy atom. The van der Waals surface area contributed by atoms with Gasteiger partial charge >= 0.3 is 5.97 Å². The molecule has 0 radical (unpaired) electrons. The van der Waals surface area contributed by atoms with Gasteiger partial charge in [-0.1, -0.05) is 34.1 Å². The molecule has 0 saturated heterocycles. The van der Waals surface area contributed by atoms with Gasteiger partial charge in [-0.15, -0.1) is 0 Å². The third-order valence-electron chi connectivity index (χ3n) is 1.76. The molecule has 0 saturated carbocycles. The van der Waals surface area contributed by atoms with Crippen molar-refractivity contribution in [2.24, 2.45) is 0 Å². The minimum Gasteiger partial charge on any atom is -0.478 e. The highest BCUT2D eigenvalue weighted by Gasteiger charge is 2.10. The average molecular weight is 320 g/mol.